The number of hydrogen-bond donors (Lipinski definition) is 0. The van der Waals surface area contributed by atoms with Gasteiger partial charge in [0.05, 0.1) is 22.7 Å². The topological polar surface area (TPSA) is 82.1 Å². The van der Waals surface area contributed by atoms with Crippen molar-refractivity contribution in [3.05, 3.63) is 47.5 Å². The summed E-state index contributed by atoms with van der Waals surface area (Å²) in [6, 6.07) is 10.6. The summed E-state index contributed by atoms with van der Waals surface area (Å²) in [5.74, 6) is 0.0769. The van der Waals surface area contributed by atoms with Crippen molar-refractivity contribution in [1.29, 1.82) is 0 Å². The van der Waals surface area contributed by atoms with E-state index in [4.69, 9.17) is 21.1 Å². The zero-order valence-electron chi connectivity index (χ0n) is 13.8. The number of hydrogen-bond acceptors (Lipinski definition) is 6. The van der Waals surface area contributed by atoms with E-state index >= 15 is 0 Å². The average molecular weight is 398 g/mol. The zero-order chi connectivity index (χ0) is 18.7. The summed E-state index contributed by atoms with van der Waals surface area (Å²) >= 11 is 6.15. The maximum atomic E-state index is 13.2. The van der Waals surface area contributed by atoms with Crippen LogP contribution >= 0.6 is 11.6 Å². The van der Waals surface area contributed by atoms with Crippen molar-refractivity contribution in [2.45, 2.75) is 4.90 Å². The second-order valence-corrected chi connectivity index (χ2v) is 7.61. The van der Waals surface area contributed by atoms with Crippen LogP contribution in [0.25, 0.3) is 0 Å². The van der Waals surface area contributed by atoms with Gasteiger partial charge in [-0.2, -0.15) is 0 Å². The molecule has 3 rings (SSSR count). The molecular weight excluding hydrogens is 382 g/mol. The van der Waals surface area contributed by atoms with E-state index < -0.39 is 22.5 Å². The van der Waals surface area contributed by atoms with Gasteiger partial charge in [0.2, 0.25) is 0 Å². The minimum atomic E-state index is -4.10. The highest BCUT2D eigenvalue weighted by molar-refractivity contribution is 7.92. The number of benzene rings is 2. The van der Waals surface area contributed by atoms with E-state index in [1.807, 2.05) is 0 Å². The summed E-state index contributed by atoms with van der Waals surface area (Å²) in [5.41, 5.74) is 0.175. The van der Waals surface area contributed by atoms with Gasteiger partial charge in [0, 0.05) is 6.07 Å². The molecule has 0 saturated carbocycles. The van der Waals surface area contributed by atoms with E-state index in [1.54, 1.807) is 18.2 Å². The van der Waals surface area contributed by atoms with Crippen LogP contribution in [0.5, 0.6) is 11.5 Å². The quantitative estimate of drug-likeness (QED) is 0.721. The fourth-order valence-electron chi connectivity index (χ4n) is 2.45. The predicted molar refractivity (Wildman–Crippen MR) is 95.4 cm³/mol. The van der Waals surface area contributed by atoms with Crippen LogP contribution in [0.4, 0.5) is 5.69 Å². The van der Waals surface area contributed by atoms with Gasteiger partial charge in [-0.15, -0.1) is 0 Å². The van der Waals surface area contributed by atoms with Crippen LogP contribution in [0.15, 0.2) is 47.4 Å². The molecule has 138 valence electrons. The third-order valence-corrected chi connectivity index (χ3v) is 5.80. The van der Waals surface area contributed by atoms with Crippen LogP contribution < -0.4 is 13.8 Å². The fourth-order valence-corrected chi connectivity index (χ4v) is 4.18. The monoisotopic (exact) mass is 397 g/mol. The predicted octanol–water partition coefficient (Wildman–Crippen LogP) is 2.48. The van der Waals surface area contributed by atoms with Crippen molar-refractivity contribution in [1.82, 2.24) is 0 Å². The highest BCUT2D eigenvalue weighted by Crippen LogP contribution is 2.35. The Labute approximate surface area is 156 Å². The lowest BCUT2D eigenvalue weighted by Gasteiger charge is -2.25. The number of carbonyl (C=O) groups is 1. The molecule has 0 aromatic heterocycles. The molecule has 0 bridgehead atoms. The summed E-state index contributed by atoms with van der Waals surface area (Å²) in [5, 5.41) is 0.192. The van der Waals surface area contributed by atoms with Gasteiger partial charge in [0.25, 0.3) is 10.0 Å². The van der Waals surface area contributed by atoms with Crippen molar-refractivity contribution in [3.63, 3.8) is 0 Å². The Morgan fingerprint density at radius 3 is 2.54 bits per heavy atom. The van der Waals surface area contributed by atoms with Gasteiger partial charge in [-0.05, 0) is 24.3 Å². The second kappa shape index (κ2) is 7.43. The molecule has 0 fully saturated rings. The number of rotatable bonds is 5. The Bertz CT molecular complexity index is 931. The number of sulfonamides is 1. The first kappa shape index (κ1) is 18.3. The van der Waals surface area contributed by atoms with Gasteiger partial charge < -0.3 is 14.2 Å². The zero-order valence-corrected chi connectivity index (χ0v) is 15.4. The van der Waals surface area contributed by atoms with Crippen molar-refractivity contribution in [3.8, 4) is 11.5 Å². The fraction of sp³-hybridized carbons (Fsp3) is 0.235. The van der Waals surface area contributed by atoms with Crippen molar-refractivity contribution in [2.24, 2.45) is 0 Å². The van der Waals surface area contributed by atoms with Crippen LogP contribution in [-0.4, -0.2) is 41.3 Å². The molecule has 0 atom stereocenters. The standard InChI is InChI=1S/C17H16ClNO6S/c1-23-17(20)11-19(14-5-3-2-4-13(14)18)26(21,22)12-6-7-15-16(10-12)25-9-8-24-15/h2-7,10H,8-9,11H2,1H3. The summed E-state index contributed by atoms with van der Waals surface area (Å²) in [6.07, 6.45) is 0. The first-order chi connectivity index (χ1) is 12.4. The Hall–Kier alpha value is -2.45. The summed E-state index contributed by atoms with van der Waals surface area (Å²) in [7, 11) is -2.92. The highest BCUT2D eigenvalue weighted by Gasteiger charge is 2.30. The van der Waals surface area contributed by atoms with E-state index in [-0.39, 0.29) is 15.6 Å². The lowest BCUT2D eigenvalue weighted by atomic mass is 10.3. The van der Waals surface area contributed by atoms with Crippen molar-refractivity contribution >= 4 is 33.3 Å². The van der Waals surface area contributed by atoms with Crippen LogP contribution in [0.2, 0.25) is 5.02 Å². The number of para-hydroxylation sites is 1. The Morgan fingerprint density at radius 1 is 1.15 bits per heavy atom. The average Bonchev–Trinajstić information content (AvgIpc) is 2.66. The van der Waals surface area contributed by atoms with Gasteiger partial charge in [-0.1, -0.05) is 23.7 Å². The number of carbonyl (C=O) groups excluding carboxylic acids is 1. The van der Waals surface area contributed by atoms with E-state index in [0.29, 0.717) is 24.7 Å². The van der Waals surface area contributed by atoms with Crippen LogP contribution in [-0.2, 0) is 19.6 Å². The summed E-state index contributed by atoms with van der Waals surface area (Å²) < 4.78 is 42.8. The molecule has 0 amide bonds. The van der Waals surface area contributed by atoms with Crippen LogP contribution in [0, 0.1) is 0 Å². The third-order valence-electron chi connectivity index (χ3n) is 3.72. The lowest BCUT2D eigenvalue weighted by molar-refractivity contribution is -0.138. The molecule has 1 aliphatic rings. The second-order valence-electron chi connectivity index (χ2n) is 5.34. The summed E-state index contributed by atoms with van der Waals surface area (Å²) in [6.45, 7) is 0.205. The third kappa shape index (κ3) is 3.56. The number of esters is 1. The van der Waals surface area contributed by atoms with Crippen molar-refractivity contribution in [2.75, 3.05) is 31.2 Å². The highest BCUT2D eigenvalue weighted by atomic mass is 35.5. The van der Waals surface area contributed by atoms with Crippen LogP contribution in [0.1, 0.15) is 0 Å². The Morgan fingerprint density at radius 2 is 1.85 bits per heavy atom. The normalized spacial score (nSPS) is 13.2. The Balaban J connectivity index is 2.07. The van der Waals surface area contributed by atoms with Gasteiger partial charge in [0.15, 0.2) is 11.5 Å². The molecule has 2 aromatic rings. The van der Waals surface area contributed by atoms with Gasteiger partial charge in [-0.25, -0.2) is 8.42 Å². The molecule has 9 heteroatoms. The molecule has 7 nitrogen and oxygen atoms in total. The molecule has 26 heavy (non-hydrogen) atoms. The molecule has 0 saturated heterocycles. The molecule has 1 aliphatic heterocycles. The number of ether oxygens (including phenoxy) is 3. The number of halogens is 1. The SMILES string of the molecule is COC(=O)CN(c1ccccc1Cl)S(=O)(=O)c1ccc2c(c1)OCCO2. The maximum absolute atomic E-state index is 13.2. The molecule has 0 N–H and O–H groups in total. The summed E-state index contributed by atoms with van der Waals surface area (Å²) in [4.78, 5) is 11.8. The molecule has 0 radical (unpaired) electrons. The molecule has 0 spiro atoms. The number of methoxy groups -OCH3 is 1. The largest absolute Gasteiger partial charge is 0.486 e. The maximum Gasteiger partial charge on any atom is 0.326 e. The Kier molecular flexibility index (Phi) is 5.24. The first-order valence-electron chi connectivity index (χ1n) is 7.67. The lowest BCUT2D eigenvalue weighted by Crippen LogP contribution is -2.36. The molecule has 0 aliphatic carbocycles. The van der Waals surface area contributed by atoms with Crippen LogP contribution in [0.3, 0.4) is 0 Å². The van der Waals surface area contributed by atoms with E-state index in [2.05, 4.69) is 4.74 Å². The molecule has 0 unspecified atom stereocenters. The van der Waals surface area contributed by atoms with Crippen molar-refractivity contribution < 1.29 is 27.4 Å². The molecular formula is C17H16ClNO6S. The molecule has 2 aromatic carbocycles. The van der Waals surface area contributed by atoms with E-state index in [1.165, 1.54) is 31.4 Å². The van der Waals surface area contributed by atoms with Gasteiger partial charge in [-0.3, -0.25) is 9.10 Å². The van der Waals surface area contributed by atoms with E-state index in [0.717, 1.165) is 4.31 Å². The van der Waals surface area contributed by atoms with E-state index in [9.17, 15) is 13.2 Å². The number of nitrogens with zero attached hydrogens (tertiary/aromatic N) is 1. The molecule has 1 heterocycles. The number of anilines is 1. The number of fused-ring (bicyclic) bond motifs is 1. The van der Waals surface area contributed by atoms with Gasteiger partial charge >= 0.3 is 5.97 Å². The first-order valence-corrected chi connectivity index (χ1v) is 9.49. The van der Waals surface area contributed by atoms with Gasteiger partial charge in [0.1, 0.15) is 19.8 Å². The smallest absolute Gasteiger partial charge is 0.326 e. The minimum Gasteiger partial charge on any atom is -0.486 e. The minimum absolute atomic E-state index is 0.0504.